The largest absolute Gasteiger partial charge is 0.397 e. The zero-order valence-corrected chi connectivity index (χ0v) is 11.0. The van der Waals surface area contributed by atoms with E-state index >= 15 is 0 Å². The van der Waals surface area contributed by atoms with Crippen molar-refractivity contribution in [2.45, 2.75) is 4.90 Å². The molecule has 0 heterocycles. The third-order valence-corrected chi connectivity index (χ3v) is 4.01. The van der Waals surface area contributed by atoms with Crippen LogP contribution >= 0.6 is 0 Å². The van der Waals surface area contributed by atoms with Gasteiger partial charge in [0.05, 0.1) is 16.3 Å². The molecule has 0 saturated carbocycles. The Morgan fingerprint density at radius 1 is 1.05 bits per heavy atom. The normalized spacial score (nSPS) is 10.9. The molecule has 5 heteroatoms. The average Bonchev–Trinajstić information content (AvgIpc) is 2.41. The summed E-state index contributed by atoms with van der Waals surface area (Å²) in [4.78, 5) is 0.182. The Bertz CT molecular complexity index is 692. The molecule has 98 valence electrons. The first kappa shape index (κ1) is 13.2. The highest BCUT2D eigenvalue weighted by Crippen LogP contribution is 2.21. The summed E-state index contributed by atoms with van der Waals surface area (Å²) in [5.41, 5.74) is 7.32. The lowest BCUT2D eigenvalue weighted by Gasteiger charge is -2.10. The smallest absolute Gasteiger partial charge is 0.261 e. The summed E-state index contributed by atoms with van der Waals surface area (Å²) >= 11 is 0. The second kappa shape index (κ2) is 5.16. The number of hydrogen-bond donors (Lipinski definition) is 2. The van der Waals surface area contributed by atoms with Crippen LogP contribution in [0.15, 0.2) is 60.0 Å². The first-order valence-electron chi connectivity index (χ1n) is 5.63. The van der Waals surface area contributed by atoms with Crippen molar-refractivity contribution >= 4 is 27.5 Å². The van der Waals surface area contributed by atoms with E-state index in [2.05, 4.69) is 11.3 Å². The maximum atomic E-state index is 12.2. The van der Waals surface area contributed by atoms with Crippen molar-refractivity contribution in [2.75, 3.05) is 10.5 Å². The molecule has 0 spiro atoms. The molecule has 0 radical (unpaired) electrons. The number of nitrogen functional groups attached to an aromatic ring is 1. The highest BCUT2D eigenvalue weighted by atomic mass is 32.2. The molecule has 0 fully saturated rings. The van der Waals surface area contributed by atoms with Crippen LogP contribution in [-0.2, 0) is 10.0 Å². The van der Waals surface area contributed by atoms with Crippen LogP contribution in [-0.4, -0.2) is 8.42 Å². The van der Waals surface area contributed by atoms with E-state index in [1.54, 1.807) is 42.5 Å². The molecular formula is C14H14N2O2S. The molecule has 0 aliphatic carbocycles. The van der Waals surface area contributed by atoms with Crippen molar-refractivity contribution in [1.82, 2.24) is 0 Å². The predicted molar refractivity (Wildman–Crippen MR) is 78.2 cm³/mol. The van der Waals surface area contributed by atoms with E-state index in [9.17, 15) is 8.42 Å². The molecule has 0 unspecified atom stereocenters. The summed E-state index contributed by atoms with van der Waals surface area (Å²) in [5.74, 6) is 0. The van der Waals surface area contributed by atoms with Crippen molar-refractivity contribution in [2.24, 2.45) is 0 Å². The SMILES string of the molecule is C=Cc1ccc(S(=O)(=O)Nc2ccccc2N)cc1. The Hall–Kier alpha value is -2.27. The minimum absolute atomic E-state index is 0.182. The molecule has 4 nitrogen and oxygen atoms in total. The van der Waals surface area contributed by atoms with Gasteiger partial charge in [-0.1, -0.05) is 36.9 Å². The summed E-state index contributed by atoms with van der Waals surface area (Å²) in [6.07, 6.45) is 1.65. The van der Waals surface area contributed by atoms with Crippen LogP contribution in [0.2, 0.25) is 0 Å². The molecule has 0 aromatic heterocycles. The van der Waals surface area contributed by atoms with Gasteiger partial charge in [-0.15, -0.1) is 0 Å². The number of nitrogens with two attached hydrogens (primary N) is 1. The Kier molecular flexibility index (Phi) is 3.57. The molecule has 0 bridgehead atoms. The van der Waals surface area contributed by atoms with E-state index in [-0.39, 0.29) is 4.90 Å². The minimum atomic E-state index is -3.63. The molecule has 3 N–H and O–H groups in total. The lowest BCUT2D eigenvalue weighted by molar-refractivity contribution is 0.601. The number of hydrogen-bond acceptors (Lipinski definition) is 3. The van der Waals surface area contributed by atoms with Crippen molar-refractivity contribution in [3.8, 4) is 0 Å². The van der Waals surface area contributed by atoms with Crippen molar-refractivity contribution < 1.29 is 8.42 Å². The summed E-state index contributed by atoms with van der Waals surface area (Å²) in [5, 5.41) is 0. The van der Waals surface area contributed by atoms with E-state index in [1.807, 2.05) is 0 Å². The van der Waals surface area contributed by atoms with Gasteiger partial charge in [0.1, 0.15) is 0 Å². The molecule has 0 saturated heterocycles. The van der Waals surface area contributed by atoms with E-state index in [4.69, 9.17) is 5.73 Å². The van der Waals surface area contributed by atoms with Crippen LogP contribution in [0, 0.1) is 0 Å². The Morgan fingerprint density at radius 2 is 1.68 bits per heavy atom. The minimum Gasteiger partial charge on any atom is -0.397 e. The van der Waals surface area contributed by atoms with Gasteiger partial charge in [0.25, 0.3) is 10.0 Å². The summed E-state index contributed by atoms with van der Waals surface area (Å²) in [6, 6.07) is 13.1. The molecule has 2 aromatic rings. The second-order valence-corrected chi connectivity index (χ2v) is 5.65. The molecule has 0 aliphatic heterocycles. The van der Waals surface area contributed by atoms with E-state index in [1.165, 1.54) is 12.1 Å². The number of sulfonamides is 1. The number of para-hydroxylation sites is 2. The topological polar surface area (TPSA) is 72.2 Å². The molecule has 19 heavy (non-hydrogen) atoms. The van der Waals surface area contributed by atoms with Gasteiger partial charge in [0, 0.05) is 0 Å². The van der Waals surface area contributed by atoms with Crippen LogP contribution in [0.4, 0.5) is 11.4 Å². The van der Waals surface area contributed by atoms with Gasteiger partial charge in [-0.3, -0.25) is 4.72 Å². The first-order valence-corrected chi connectivity index (χ1v) is 7.11. The summed E-state index contributed by atoms with van der Waals surface area (Å²) in [7, 11) is -3.63. The number of anilines is 2. The Labute approximate surface area is 112 Å². The van der Waals surface area contributed by atoms with Crippen LogP contribution in [0.3, 0.4) is 0 Å². The zero-order valence-electron chi connectivity index (χ0n) is 10.2. The first-order chi connectivity index (χ1) is 9.03. The molecular weight excluding hydrogens is 260 g/mol. The standard InChI is InChI=1S/C14H14N2O2S/c1-2-11-7-9-12(10-8-11)19(17,18)16-14-6-4-3-5-13(14)15/h2-10,16H,1,15H2. The number of rotatable bonds is 4. The maximum absolute atomic E-state index is 12.2. The fourth-order valence-electron chi connectivity index (χ4n) is 1.58. The van der Waals surface area contributed by atoms with Crippen molar-refractivity contribution in [3.05, 3.63) is 60.7 Å². The summed E-state index contributed by atoms with van der Waals surface area (Å²) in [6.45, 7) is 3.62. The quantitative estimate of drug-likeness (QED) is 0.842. The average molecular weight is 274 g/mol. The summed E-state index contributed by atoms with van der Waals surface area (Å²) < 4.78 is 26.8. The molecule has 0 amide bonds. The van der Waals surface area contributed by atoms with Gasteiger partial charge >= 0.3 is 0 Å². The predicted octanol–water partition coefficient (Wildman–Crippen LogP) is 2.71. The van der Waals surface area contributed by atoms with Gasteiger partial charge in [-0.05, 0) is 29.8 Å². The van der Waals surface area contributed by atoms with Crippen molar-refractivity contribution in [1.29, 1.82) is 0 Å². The zero-order chi connectivity index (χ0) is 13.9. The van der Waals surface area contributed by atoms with Crippen LogP contribution in [0.25, 0.3) is 6.08 Å². The third-order valence-electron chi connectivity index (χ3n) is 2.63. The van der Waals surface area contributed by atoms with Gasteiger partial charge in [-0.2, -0.15) is 0 Å². The van der Waals surface area contributed by atoms with Gasteiger partial charge in [-0.25, -0.2) is 8.42 Å². The van der Waals surface area contributed by atoms with Crippen molar-refractivity contribution in [3.63, 3.8) is 0 Å². The highest BCUT2D eigenvalue weighted by Gasteiger charge is 2.14. The monoisotopic (exact) mass is 274 g/mol. The Balaban J connectivity index is 2.32. The maximum Gasteiger partial charge on any atom is 0.261 e. The van der Waals surface area contributed by atoms with Gasteiger partial charge in [0.2, 0.25) is 0 Å². The molecule has 0 aliphatic rings. The van der Waals surface area contributed by atoms with E-state index in [0.29, 0.717) is 11.4 Å². The van der Waals surface area contributed by atoms with Gasteiger partial charge < -0.3 is 5.73 Å². The number of benzene rings is 2. The van der Waals surface area contributed by atoms with Crippen LogP contribution in [0.5, 0.6) is 0 Å². The Morgan fingerprint density at radius 3 is 2.26 bits per heavy atom. The lowest BCUT2D eigenvalue weighted by Crippen LogP contribution is -2.14. The highest BCUT2D eigenvalue weighted by molar-refractivity contribution is 7.92. The van der Waals surface area contributed by atoms with Crippen LogP contribution < -0.4 is 10.5 Å². The van der Waals surface area contributed by atoms with Gasteiger partial charge in [0.15, 0.2) is 0 Å². The van der Waals surface area contributed by atoms with E-state index in [0.717, 1.165) is 5.56 Å². The number of nitrogens with one attached hydrogen (secondary N) is 1. The third kappa shape index (κ3) is 2.95. The van der Waals surface area contributed by atoms with E-state index < -0.39 is 10.0 Å². The second-order valence-electron chi connectivity index (χ2n) is 3.97. The lowest BCUT2D eigenvalue weighted by atomic mass is 10.2. The fraction of sp³-hybridized carbons (Fsp3) is 0. The molecule has 0 atom stereocenters. The van der Waals surface area contributed by atoms with Crippen LogP contribution in [0.1, 0.15) is 5.56 Å². The molecule has 2 rings (SSSR count). The fourth-order valence-corrected chi connectivity index (χ4v) is 2.66. The molecule has 2 aromatic carbocycles.